The van der Waals surface area contributed by atoms with Crippen molar-refractivity contribution in [2.24, 2.45) is 5.10 Å². The van der Waals surface area contributed by atoms with E-state index in [2.05, 4.69) is 10.5 Å². The lowest BCUT2D eigenvalue weighted by Crippen LogP contribution is -2.18. The minimum atomic E-state index is -0.702. The van der Waals surface area contributed by atoms with Gasteiger partial charge in [-0.3, -0.25) is 25.0 Å². The molecular weight excluding hydrogens is 318 g/mol. The number of nitrogens with zero attached hydrogens (tertiary/aromatic N) is 3. The first-order valence-electron chi connectivity index (χ1n) is 6.49. The number of hydrogen-bond donors (Lipinski definition) is 2. The van der Waals surface area contributed by atoms with Crippen molar-refractivity contribution in [1.29, 1.82) is 0 Å². The number of nitrogens with two attached hydrogens (primary N) is 1. The third-order valence-electron chi connectivity index (χ3n) is 2.87. The van der Waals surface area contributed by atoms with Gasteiger partial charge in [0.05, 0.1) is 21.6 Å². The smallest absolute Gasteiger partial charge is 0.272 e. The largest absolute Gasteiger partial charge is 0.399 e. The molecule has 24 heavy (non-hydrogen) atoms. The predicted molar refractivity (Wildman–Crippen MR) is 85.7 cm³/mol. The van der Waals surface area contributed by atoms with Crippen molar-refractivity contribution in [3.05, 3.63) is 73.8 Å². The van der Waals surface area contributed by atoms with Crippen LogP contribution < -0.4 is 11.2 Å². The summed E-state index contributed by atoms with van der Waals surface area (Å²) in [5.74, 6) is -0.702. The van der Waals surface area contributed by atoms with E-state index in [1.807, 2.05) is 0 Å². The number of non-ortho nitro benzene ring substituents is 2. The molecule has 2 aromatic rings. The van der Waals surface area contributed by atoms with E-state index in [1.165, 1.54) is 30.5 Å². The number of rotatable bonds is 5. The summed E-state index contributed by atoms with van der Waals surface area (Å²) < 4.78 is 0. The quantitative estimate of drug-likeness (QED) is 0.369. The van der Waals surface area contributed by atoms with Gasteiger partial charge in [-0.2, -0.15) is 5.10 Å². The highest BCUT2D eigenvalue weighted by atomic mass is 16.6. The minimum Gasteiger partial charge on any atom is -0.399 e. The Morgan fingerprint density at radius 3 is 2.46 bits per heavy atom. The van der Waals surface area contributed by atoms with Gasteiger partial charge in [-0.05, 0) is 6.07 Å². The van der Waals surface area contributed by atoms with Gasteiger partial charge in [0.2, 0.25) is 0 Å². The standard InChI is InChI=1S/C14H11N5O5/c15-11-5-10(6-13(7-11)19(23)24)14(20)17-16-8-9-2-1-3-12(4-9)18(21)22/h1-8H,15H2,(H,17,20)/b16-8-. The van der Waals surface area contributed by atoms with E-state index in [1.54, 1.807) is 6.07 Å². The molecule has 0 bridgehead atoms. The molecule has 0 saturated carbocycles. The van der Waals surface area contributed by atoms with Crippen LogP contribution in [-0.2, 0) is 0 Å². The van der Waals surface area contributed by atoms with Crippen LogP contribution in [0.25, 0.3) is 0 Å². The highest BCUT2D eigenvalue weighted by Gasteiger charge is 2.13. The van der Waals surface area contributed by atoms with Crippen molar-refractivity contribution in [1.82, 2.24) is 5.43 Å². The van der Waals surface area contributed by atoms with Crippen LogP contribution in [0.4, 0.5) is 17.1 Å². The van der Waals surface area contributed by atoms with Gasteiger partial charge in [-0.15, -0.1) is 0 Å². The number of hydrazone groups is 1. The second-order valence-electron chi connectivity index (χ2n) is 4.62. The number of carbonyl (C=O) groups is 1. The first-order valence-corrected chi connectivity index (χ1v) is 6.49. The fourth-order valence-electron chi connectivity index (χ4n) is 1.82. The predicted octanol–water partition coefficient (Wildman–Crippen LogP) is 1.85. The summed E-state index contributed by atoms with van der Waals surface area (Å²) in [7, 11) is 0. The number of carbonyl (C=O) groups excluding carboxylic acids is 1. The van der Waals surface area contributed by atoms with E-state index in [4.69, 9.17) is 5.73 Å². The topological polar surface area (TPSA) is 154 Å². The lowest BCUT2D eigenvalue weighted by atomic mass is 10.1. The number of nitrogen functional groups attached to an aromatic ring is 1. The zero-order valence-corrected chi connectivity index (χ0v) is 12.1. The molecule has 3 N–H and O–H groups in total. The van der Waals surface area contributed by atoms with Gasteiger partial charge in [-0.1, -0.05) is 12.1 Å². The van der Waals surface area contributed by atoms with Crippen molar-refractivity contribution in [2.45, 2.75) is 0 Å². The molecule has 122 valence electrons. The monoisotopic (exact) mass is 329 g/mol. The summed E-state index contributed by atoms with van der Waals surface area (Å²) in [5.41, 5.74) is 7.70. The maximum absolute atomic E-state index is 11.9. The molecule has 0 aliphatic carbocycles. The summed E-state index contributed by atoms with van der Waals surface area (Å²) >= 11 is 0. The molecule has 0 aliphatic rings. The number of amides is 1. The number of hydrogen-bond acceptors (Lipinski definition) is 7. The van der Waals surface area contributed by atoms with Crippen LogP contribution in [0.15, 0.2) is 47.6 Å². The molecule has 0 spiro atoms. The SMILES string of the molecule is Nc1cc(C(=O)N/N=C\c2cccc([N+](=O)[O-])c2)cc([N+](=O)[O-])c1. The van der Waals surface area contributed by atoms with Crippen molar-refractivity contribution < 1.29 is 14.6 Å². The van der Waals surface area contributed by atoms with Crippen LogP contribution in [0.1, 0.15) is 15.9 Å². The van der Waals surface area contributed by atoms with E-state index >= 15 is 0 Å². The normalized spacial score (nSPS) is 10.5. The molecule has 0 atom stereocenters. The number of nitro benzene ring substituents is 2. The molecule has 0 aromatic heterocycles. The first kappa shape index (κ1) is 16.5. The molecule has 10 heteroatoms. The summed E-state index contributed by atoms with van der Waals surface area (Å²) in [6.07, 6.45) is 1.21. The molecule has 0 heterocycles. The fraction of sp³-hybridized carbons (Fsp3) is 0. The number of nitrogens with one attached hydrogen (secondary N) is 1. The molecule has 2 rings (SSSR count). The molecule has 0 radical (unpaired) electrons. The van der Waals surface area contributed by atoms with Crippen molar-refractivity contribution in [2.75, 3.05) is 5.73 Å². The minimum absolute atomic E-state index is 0.0297. The van der Waals surface area contributed by atoms with Gasteiger partial charge in [0.25, 0.3) is 17.3 Å². The highest BCUT2D eigenvalue weighted by Crippen LogP contribution is 2.18. The Morgan fingerprint density at radius 1 is 1.08 bits per heavy atom. The molecular formula is C14H11N5O5. The molecule has 0 aliphatic heterocycles. The molecule has 0 saturated heterocycles. The zero-order chi connectivity index (χ0) is 17.7. The van der Waals surface area contributed by atoms with Gasteiger partial charge < -0.3 is 5.73 Å². The summed E-state index contributed by atoms with van der Waals surface area (Å²) in [6, 6.07) is 9.10. The van der Waals surface area contributed by atoms with E-state index in [0.29, 0.717) is 5.56 Å². The summed E-state index contributed by atoms with van der Waals surface area (Å²) in [5, 5.41) is 25.1. The Bertz CT molecular complexity index is 849. The second kappa shape index (κ2) is 6.96. The molecule has 1 amide bonds. The summed E-state index contributed by atoms with van der Waals surface area (Å²) in [4.78, 5) is 32.1. The van der Waals surface area contributed by atoms with Crippen LogP contribution in [0, 0.1) is 20.2 Å². The third-order valence-corrected chi connectivity index (χ3v) is 2.87. The van der Waals surface area contributed by atoms with Crippen LogP contribution in [0.3, 0.4) is 0 Å². The van der Waals surface area contributed by atoms with E-state index in [9.17, 15) is 25.0 Å². The maximum atomic E-state index is 11.9. The van der Waals surface area contributed by atoms with Gasteiger partial charge in [0, 0.05) is 35.5 Å². The molecule has 0 unspecified atom stereocenters. The van der Waals surface area contributed by atoms with Crippen molar-refractivity contribution >= 4 is 29.2 Å². The van der Waals surface area contributed by atoms with E-state index in [0.717, 1.165) is 12.1 Å². The van der Waals surface area contributed by atoms with Crippen molar-refractivity contribution in [3.63, 3.8) is 0 Å². The van der Waals surface area contributed by atoms with Gasteiger partial charge in [0.1, 0.15) is 0 Å². The van der Waals surface area contributed by atoms with Crippen LogP contribution in [-0.4, -0.2) is 22.0 Å². The lowest BCUT2D eigenvalue weighted by molar-refractivity contribution is -0.385. The Morgan fingerprint density at radius 2 is 1.79 bits per heavy atom. The van der Waals surface area contributed by atoms with Gasteiger partial charge >= 0.3 is 0 Å². The summed E-state index contributed by atoms with van der Waals surface area (Å²) in [6.45, 7) is 0. The Labute approximate surface area is 134 Å². The third kappa shape index (κ3) is 4.10. The van der Waals surface area contributed by atoms with Gasteiger partial charge in [-0.25, -0.2) is 5.43 Å². The lowest BCUT2D eigenvalue weighted by Gasteiger charge is -2.02. The Balaban J connectivity index is 2.12. The number of benzene rings is 2. The zero-order valence-electron chi connectivity index (χ0n) is 12.1. The van der Waals surface area contributed by atoms with Crippen molar-refractivity contribution in [3.8, 4) is 0 Å². The second-order valence-corrected chi connectivity index (χ2v) is 4.62. The Hall–Kier alpha value is -3.82. The number of anilines is 1. The average Bonchev–Trinajstić information content (AvgIpc) is 2.54. The van der Waals surface area contributed by atoms with Crippen LogP contribution in [0.5, 0.6) is 0 Å². The van der Waals surface area contributed by atoms with Crippen LogP contribution >= 0.6 is 0 Å². The fourth-order valence-corrected chi connectivity index (χ4v) is 1.82. The Kier molecular flexibility index (Phi) is 4.80. The molecule has 0 fully saturated rings. The van der Waals surface area contributed by atoms with E-state index < -0.39 is 15.8 Å². The van der Waals surface area contributed by atoms with Crippen LogP contribution in [0.2, 0.25) is 0 Å². The maximum Gasteiger partial charge on any atom is 0.272 e. The average molecular weight is 329 g/mol. The molecule has 10 nitrogen and oxygen atoms in total. The first-order chi connectivity index (χ1) is 11.4. The van der Waals surface area contributed by atoms with E-state index in [-0.39, 0.29) is 22.6 Å². The number of nitro groups is 2. The molecule has 2 aromatic carbocycles. The van der Waals surface area contributed by atoms with Gasteiger partial charge in [0.15, 0.2) is 0 Å². The highest BCUT2D eigenvalue weighted by molar-refractivity contribution is 5.96.